The van der Waals surface area contributed by atoms with Crippen LogP contribution in [0.1, 0.15) is 30.9 Å². The number of methoxy groups -OCH3 is 1. The number of carboxylic acid groups (broad SMARTS) is 1. The number of amides is 1. The van der Waals surface area contributed by atoms with Crippen molar-refractivity contribution < 1.29 is 19.4 Å². The van der Waals surface area contributed by atoms with Gasteiger partial charge in [-0.05, 0) is 36.1 Å². The van der Waals surface area contributed by atoms with Gasteiger partial charge in [0.1, 0.15) is 11.3 Å². The Morgan fingerprint density at radius 1 is 1.04 bits per heavy atom. The largest absolute Gasteiger partial charge is 0.497 e. The predicted octanol–water partition coefficient (Wildman–Crippen LogP) is 3.22. The van der Waals surface area contributed by atoms with Crippen LogP contribution >= 0.6 is 0 Å². The van der Waals surface area contributed by atoms with Gasteiger partial charge >= 0.3 is 5.97 Å². The molecule has 0 spiro atoms. The third kappa shape index (κ3) is 5.09. The second kappa shape index (κ2) is 9.04. The summed E-state index contributed by atoms with van der Waals surface area (Å²) < 4.78 is 5.11. The first-order chi connectivity index (χ1) is 12.5. The number of ether oxygens (including phenoxy) is 1. The van der Waals surface area contributed by atoms with Crippen molar-refractivity contribution in [2.45, 2.75) is 38.1 Å². The van der Waals surface area contributed by atoms with Gasteiger partial charge in [0, 0.05) is 12.8 Å². The minimum atomic E-state index is -1.29. The van der Waals surface area contributed by atoms with Crippen molar-refractivity contribution >= 4 is 11.9 Å². The zero-order valence-electron chi connectivity index (χ0n) is 15.2. The molecule has 1 atom stereocenters. The number of carbonyl (C=O) groups excluding carboxylic acids is 1. The van der Waals surface area contributed by atoms with Gasteiger partial charge in [-0.2, -0.15) is 0 Å². The molecule has 0 aliphatic heterocycles. The molecule has 2 rings (SSSR count). The second-order valence-corrected chi connectivity index (χ2v) is 6.30. The van der Waals surface area contributed by atoms with Gasteiger partial charge in [-0.1, -0.05) is 49.4 Å². The van der Waals surface area contributed by atoms with E-state index < -0.39 is 11.5 Å². The Morgan fingerprint density at radius 2 is 1.69 bits per heavy atom. The van der Waals surface area contributed by atoms with Gasteiger partial charge in [0.2, 0.25) is 5.91 Å². The molecule has 0 saturated heterocycles. The average molecular weight is 355 g/mol. The van der Waals surface area contributed by atoms with Crippen LogP contribution in [-0.2, 0) is 22.4 Å². The van der Waals surface area contributed by atoms with Crippen molar-refractivity contribution in [2.75, 3.05) is 7.11 Å². The molecule has 0 aromatic heterocycles. The summed E-state index contributed by atoms with van der Waals surface area (Å²) in [5, 5.41) is 12.5. The first-order valence-electron chi connectivity index (χ1n) is 8.70. The van der Waals surface area contributed by atoms with Crippen LogP contribution in [-0.4, -0.2) is 29.6 Å². The van der Waals surface area contributed by atoms with Crippen molar-refractivity contribution in [3.8, 4) is 5.75 Å². The van der Waals surface area contributed by atoms with Gasteiger partial charge < -0.3 is 15.2 Å². The molecule has 0 aliphatic rings. The number of carbonyl (C=O) groups is 2. The van der Waals surface area contributed by atoms with Gasteiger partial charge in [0.15, 0.2) is 0 Å². The van der Waals surface area contributed by atoms with Crippen molar-refractivity contribution in [1.29, 1.82) is 0 Å². The molecular formula is C21H25NO4. The van der Waals surface area contributed by atoms with Gasteiger partial charge in [-0.15, -0.1) is 0 Å². The maximum Gasteiger partial charge on any atom is 0.329 e. The van der Waals surface area contributed by atoms with E-state index in [1.165, 1.54) is 0 Å². The first-order valence-corrected chi connectivity index (χ1v) is 8.70. The van der Waals surface area contributed by atoms with E-state index >= 15 is 0 Å². The molecular weight excluding hydrogens is 330 g/mol. The topological polar surface area (TPSA) is 75.6 Å². The standard InChI is InChI=1S/C21H25NO4/c1-3-21(20(24)25,15-17-7-5-4-6-8-17)22-19(23)14-11-16-9-12-18(26-2)13-10-16/h4-10,12-13H,3,11,14-15H2,1-2H3,(H,22,23)(H,24,25). The van der Waals surface area contributed by atoms with Gasteiger partial charge in [-0.3, -0.25) is 4.79 Å². The lowest BCUT2D eigenvalue weighted by molar-refractivity contribution is -0.147. The van der Waals surface area contributed by atoms with Crippen molar-refractivity contribution in [1.82, 2.24) is 5.32 Å². The third-order valence-corrected chi connectivity index (χ3v) is 4.54. The fraction of sp³-hybridized carbons (Fsp3) is 0.333. The van der Waals surface area contributed by atoms with Crippen molar-refractivity contribution in [2.24, 2.45) is 0 Å². The number of hydrogen-bond donors (Lipinski definition) is 2. The molecule has 0 fully saturated rings. The lowest BCUT2D eigenvalue weighted by Gasteiger charge is -2.29. The normalized spacial score (nSPS) is 12.8. The zero-order valence-corrected chi connectivity index (χ0v) is 15.2. The highest BCUT2D eigenvalue weighted by atomic mass is 16.5. The SMILES string of the molecule is CCC(Cc1ccccc1)(NC(=O)CCc1ccc(OC)cc1)C(=O)O. The zero-order chi connectivity index (χ0) is 19.0. The smallest absolute Gasteiger partial charge is 0.329 e. The third-order valence-electron chi connectivity index (χ3n) is 4.54. The molecule has 0 heterocycles. The van der Waals surface area contributed by atoms with Crippen LogP contribution in [0.25, 0.3) is 0 Å². The quantitative estimate of drug-likeness (QED) is 0.724. The molecule has 1 unspecified atom stereocenters. The summed E-state index contributed by atoms with van der Waals surface area (Å²) in [6.45, 7) is 1.78. The number of nitrogens with one attached hydrogen (secondary N) is 1. The van der Waals surface area contributed by atoms with E-state index in [-0.39, 0.29) is 18.7 Å². The van der Waals surface area contributed by atoms with E-state index in [9.17, 15) is 14.7 Å². The minimum Gasteiger partial charge on any atom is -0.497 e. The Labute approximate surface area is 154 Å². The van der Waals surface area contributed by atoms with Gasteiger partial charge in [0.25, 0.3) is 0 Å². The monoisotopic (exact) mass is 355 g/mol. The number of aliphatic carboxylic acids is 1. The Hall–Kier alpha value is -2.82. The highest BCUT2D eigenvalue weighted by molar-refractivity contribution is 5.87. The summed E-state index contributed by atoms with van der Waals surface area (Å²) in [5.74, 6) is -0.514. The summed E-state index contributed by atoms with van der Waals surface area (Å²) in [6.07, 6.45) is 1.34. The molecule has 138 valence electrons. The summed E-state index contributed by atoms with van der Waals surface area (Å²) in [4.78, 5) is 24.3. The lowest BCUT2D eigenvalue weighted by Crippen LogP contribution is -2.55. The van der Waals surface area contributed by atoms with Crippen LogP contribution in [0.5, 0.6) is 5.75 Å². The molecule has 0 aliphatic carbocycles. The van der Waals surface area contributed by atoms with Crippen LogP contribution in [0.2, 0.25) is 0 Å². The highest BCUT2D eigenvalue weighted by Crippen LogP contribution is 2.19. The average Bonchev–Trinajstić information content (AvgIpc) is 2.66. The number of carboxylic acids is 1. The molecule has 26 heavy (non-hydrogen) atoms. The second-order valence-electron chi connectivity index (χ2n) is 6.30. The maximum atomic E-state index is 12.4. The minimum absolute atomic E-state index is 0.232. The highest BCUT2D eigenvalue weighted by Gasteiger charge is 2.38. The number of aryl methyl sites for hydroxylation is 1. The number of rotatable bonds is 9. The Bertz CT molecular complexity index is 727. The van der Waals surface area contributed by atoms with E-state index in [1.807, 2.05) is 54.6 Å². The van der Waals surface area contributed by atoms with E-state index in [2.05, 4.69) is 5.32 Å². The maximum absolute atomic E-state index is 12.4. The molecule has 1 amide bonds. The molecule has 2 aromatic rings. The number of benzene rings is 2. The molecule has 0 saturated carbocycles. The van der Waals surface area contributed by atoms with Crippen LogP contribution < -0.4 is 10.1 Å². The molecule has 5 nitrogen and oxygen atoms in total. The van der Waals surface area contributed by atoms with Crippen LogP contribution in [0.3, 0.4) is 0 Å². The Balaban J connectivity index is 2.02. The van der Waals surface area contributed by atoms with Crippen LogP contribution in [0.15, 0.2) is 54.6 Å². The van der Waals surface area contributed by atoms with E-state index in [1.54, 1.807) is 14.0 Å². The van der Waals surface area contributed by atoms with Gasteiger partial charge in [-0.25, -0.2) is 4.79 Å². The fourth-order valence-electron chi connectivity index (χ4n) is 2.86. The van der Waals surface area contributed by atoms with Crippen LogP contribution in [0.4, 0.5) is 0 Å². The molecule has 0 bridgehead atoms. The Morgan fingerprint density at radius 3 is 2.23 bits per heavy atom. The molecule has 5 heteroatoms. The van der Waals surface area contributed by atoms with Crippen molar-refractivity contribution in [3.63, 3.8) is 0 Å². The summed E-state index contributed by atoms with van der Waals surface area (Å²) >= 11 is 0. The lowest BCUT2D eigenvalue weighted by atomic mass is 9.87. The van der Waals surface area contributed by atoms with E-state index in [4.69, 9.17) is 4.74 Å². The summed E-state index contributed by atoms with van der Waals surface area (Å²) in [5.41, 5.74) is 0.590. The van der Waals surface area contributed by atoms with E-state index in [0.29, 0.717) is 12.8 Å². The first kappa shape index (κ1) is 19.5. The summed E-state index contributed by atoms with van der Waals surface area (Å²) in [6, 6.07) is 16.8. The molecule has 2 aromatic carbocycles. The van der Waals surface area contributed by atoms with Crippen LogP contribution in [0, 0.1) is 0 Å². The predicted molar refractivity (Wildman–Crippen MR) is 100 cm³/mol. The summed E-state index contributed by atoms with van der Waals surface area (Å²) in [7, 11) is 1.60. The van der Waals surface area contributed by atoms with Gasteiger partial charge in [0.05, 0.1) is 7.11 Å². The molecule has 2 N–H and O–H groups in total. The van der Waals surface area contributed by atoms with Crippen molar-refractivity contribution in [3.05, 3.63) is 65.7 Å². The Kier molecular flexibility index (Phi) is 6.78. The molecule has 0 radical (unpaired) electrons. The fourth-order valence-corrected chi connectivity index (χ4v) is 2.86. The number of hydrogen-bond acceptors (Lipinski definition) is 3. The van der Waals surface area contributed by atoms with E-state index in [0.717, 1.165) is 16.9 Å².